The quantitative estimate of drug-likeness (QED) is 0.369. The third-order valence-electron chi connectivity index (χ3n) is 4.96. The van der Waals surface area contributed by atoms with E-state index in [2.05, 4.69) is 20.8 Å². The molecule has 0 unspecified atom stereocenters. The van der Waals surface area contributed by atoms with Crippen molar-refractivity contribution in [1.29, 1.82) is 0 Å². The van der Waals surface area contributed by atoms with Crippen LogP contribution >= 0.6 is 11.8 Å². The first-order valence-corrected chi connectivity index (χ1v) is 12.4. The van der Waals surface area contributed by atoms with Crippen molar-refractivity contribution in [3.05, 3.63) is 53.9 Å². The van der Waals surface area contributed by atoms with Crippen LogP contribution in [-0.2, 0) is 11.8 Å². The van der Waals surface area contributed by atoms with Crippen molar-refractivity contribution in [3.8, 4) is 11.5 Å². The Labute approximate surface area is 209 Å². The standard InChI is InChI=1S/C25H31N5O4S/c1-6-33-20-14-19(27-24(32)17-11-9-8-10-12-17)21(34-7-2)13-18(20)26-22(31)15-35-25-29-28-23(16(3)4)30(25)5/h8-14,16H,6-7,15H2,1-5H3,(H,26,31)(H,27,32). The van der Waals surface area contributed by atoms with Gasteiger partial charge in [-0.1, -0.05) is 43.8 Å². The first-order valence-electron chi connectivity index (χ1n) is 11.5. The number of carbonyl (C=O) groups is 2. The fourth-order valence-corrected chi connectivity index (χ4v) is 4.08. The Morgan fingerprint density at radius 3 is 2.11 bits per heavy atom. The van der Waals surface area contributed by atoms with Gasteiger partial charge in [0.15, 0.2) is 5.16 Å². The molecule has 9 nitrogen and oxygen atoms in total. The minimum Gasteiger partial charge on any atom is -0.492 e. The van der Waals surface area contributed by atoms with Crippen molar-refractivity contribution in [1.82, 2.24) is 14.8 Å². The van der Waals surface area contributed by atoms with Crippen LogP contribution in [-0.4, -0.2) is 45.5 Å². The molecule has 2 amide bonds. The highest BCUT2D eigenvalue weighted by atomic mass is 32.2. The van der Waals surface area contributed by atoms with E-state index in [0.717, 1.165) is 5.82 Å². The van der Waals surface area contributed by atoms with Crippen LogP contribution in [0.5, 0.6) is 11.5 Å². The normalized spacial score (nSPS) is 10.8. The molecular weight excluding hydrogens is 466 g/mol. The molecule has 1 aromatic heterocycles. The molecule has 0 radical (unpaired) electrons. The van der Waals surface area contributed by atoms with E-state index < -0.39 is 0 Å². The minimum atomic E-state index is -0.272. The van der Waals surface area contributed by atoms with E-state index in [0.29, 0.717) is 46.8 Å². The lowest BCUT2D eigenvalue weighted by atomic mass is 10.2. The molecule has 0 saturated carbocycles. The zero-order valence-electron chi connectivity index (χ0n) is 20.6. The maximum atomic E-state index is 12.8. The highest BCUT2D eigenvalue weighted by Gasteiger charge is 2.18. The Kier molecular flexibility index (Phi) is 9.13. The molecule has 0 atom stereocenters. The van der Waals surface area contributed by atoms with Gasteiger partial charge >= 0.3 is 0 Å². The molecule has 0 aliphatic heterocycles. The van der Waals surface area contributed by atoms with Crippen LogP contribution in [0.25, 0.3) is 0 Å². The second-order valence-electron chi connectivity index (χ2n) is 7.92. The Balaban J connectivity index is 1.78. The topological polar surface area (TPSA) is 107 Å². The van der Waals surface area contributed by atoms with Crippen LogP contribution < -0.4 is 20.1 Å². The van der Waals surface area contributed by atoms with Gasteiger partial charge in [0, 0.05) is 30.7 Å². The molecule has 3 rings (SSSR count). The maximum Gasteiger partial charge on any atom is 0.255 e. The summed E-state index contributed by atoms with van der Waals surface area (Å²) in [6.45, 7) is 8.55. The van der Waals surface area contributed by atoms with Gasteiger partial charge in [-0.2, -0.15) is 0 Å². The monoisotopic (exact) mass is 497 g/mol. The Hall–Kier alpha value is -3.53. The van der Waals surface area contributed by atoms with E-state index in [1.807, 2.05) is 45.4 Å². The number of amides is 2. The van der Waals surface area contributed by atoms with Gasteiger partial charge in [-0.3, -0.25) is 9.59 Å². The molecule has 0 aliphatic carbocycles. The molecule has 0 fully saturated rings. The number of carbonyl (C=O) groups excluding carboxylic acids is 2. The summed E-state index contributed by atoms with van der Waals surface area (Å²) in [6, 6.07) is 12.2. The Morgan fingerprint density at radius 1 is 0.971 bits per heavy atom. The van der Waals surface area contributed by atoms with Crippen LogP contribution in [0.3, 0.4) is 0 Å². The summed E-state index contributed by atoms with van der Waals surface area (Å²) in [5, 5.41) is 14.8. The van der Waals surface area contributed by atoms with Gasteiger partial charge in [0.1, 0.15) is 17.3 Å². The van der Waals surface area contributed by atoms with E-state index in [1.165, 1.54) is 11.8 Å². The van der Waals surface area contributed by atoms with Crippen LogP contribution in [0, 0.1) is 0 Å². The molecule has 10 heteroatoms. The molecule has 0 saturated heterocycles. The van der Waals surface area contributed by atoms with E-state index in [1.54, 1.807) is 36.4 Å². The number of ether oxygens (including phenoxy) is 2. The zero-order valence-corrected chi connectivity index (χ0v) is 21.4. The van der Waals surface area contributed by atoms with E-state index in [9.17, 15) is 9.59 Å². The maximum absolute atomic E-state index is 12.8. The fraction of sp³-hybridized carbons (Fsp3) is 0.360. The first-order chi connectivity index (χ1) is 16.8. The van der Waals surface area contributed by atoms with Crippen molar-refractivity contribution >= 4 is 35.0 Å². The summed E-state index contributed by atoms with van der Waals surface area (Å²) in [6.07, 6.45) is 0. The molecule has 1 heterocycles. The minimum absolute atomic E-state index is 0.145. The average molecular weight is 498 g/mol. The predicted molar refractivity (Wildman–Crippen MR) is 138 cm³/mol. The van der Waals surface area contributed by atoms with Crippen molar-refractivity contribution in [2.24, 2.45) is 7.05 Å². The number of aromatic nitrogens is 3. The number of hydrogen-bond donors (Lipinski definition) is 2. The molecular formula is C25H31N5O4S. The van der Waals surface area contributed by atoms with Crippen LogP contribution in [0.15, 0.2) is 47.6 Å². The van der Waals surface area contributed by atoms with Gasteiger partial charge in [0.2, 0.25) is 5.91 Å². The van der Waals surface area contributed by atoms with E-state index >= 15 is 0 Å². The summed E-state index contributed by atoms with van der Waals surface area (Å²) in [5.41, 5.74) is 1.43. The second kappa shape index (κ2) is 12.3. The number of nitrogens with one attached hydrogen (secondary N) is 2. The molecule has 2 aromatic carbocycles. The Bertz CT molecular complexity index is 1160. The molecule has 0 bridgehead atoms. The Morgan fingerprint density at radius 2 is 1.57 bits per heavy atom. The lowest BCUT2D eigenvalue weighted by Gasteiger charge is -2.18. The zero-order chi connectivity index (χ0) is 25.4. The number of rotatable bonds is 11. The van der Waals surface area contributed by atoms with E-state index in [-0.39, 0.29) is 23.5 Å². The van der Waals surface area contributed by atoms with Gasteiger partial charge in [-0.25, -0.2) is 0 Å². The van der Waals surface area contributed by atoms with Crippen LogP contribution in [0.1, 0.15) is 49.8 Å². The summed E-state index contributed by atoms with van der Waals surface area (Å²) in [4.78, 5) is 25.5. The van der Waals surface area contributed by atoms with E-state index in [4.69, 9.17) is 9.47 Å². The summed E-state index contributed by atoms with van der Waals surface area (Å²) >= 11 is 1.30. The largest absolute Gasteiger partial charge is 0.492 e. The second-order valence-corrected chi connectivity index (χ2v) is 8.86. The summed E-state index contributed by atoms with van der Waals surface area (Å²) in [7, 11) is 1.89. The smallest absolute Gasteiger partial charge is 0.255 e. The van der Waals surface area contributed by atoms with Gasteiger partial charge in [0.25, 0.3) is 5.91 Å². The predicted octanol–water partition coefficient (Wildman–Crippen LogP) is 4.72. The van der Waals surface area contributed by atoms with Gasteiger partial charge in [0.05, 0.1) is 30.3 Å². The number of hydrogen-bond acceptors (Lipinski definition) is 7. The highest BCUT2D eigenvalue weighted by molar-refractivity contribution is 7.99. The van der Waals surface area contributed by atoms with Gasteiger partial charge < -0.3 is 24.7 Å². The van der Waals surface area contributed by atoms with Crippen LogP contribution in [0.4, 0.5) is 11.4 Å². The lowest BCUT2D eigenvalue weighted by Crippen LogP contribution is -2.17. The third kappa shape index (κ3) is 6.75. The highest BCUT2D eigenvalue weighted by Crippen LogP contribution is 2.37. The molecule has 2 N–H and O–H groups in total. The molecule has 186 valence electrons. The van der Waals surface area contributed by atoms with Gasteiger partial charge in [-0.05, 0) is 26.0 Å². The summed E-state index contributed by atoms with van der Waals surface area (Å²) < 4.78 is 13.4. The molecule has 3 aromatic rings. The van der Waals surface area contributed by atoms with Gasteiger partial charge in [-0.15, -0.1) is 10.2 Å². The molecule has 0 spiro atoms. The number of benzene rings is 2. The number of nitrogens with zero attached hydrogens (tertiary/aromatic N) is 3. The third-order valence-corrected chi connectivity index (χ3v) is 5.98. The van der Waals surface area contributed by atoms with Crippen molar-refractivity contribution in [2.75, 3.05) is 29.6 Å². The van der Waals surface area contributed by atoms with Crippen molar-refractivity contribution in [2.45, 2.75) is 38.8 Å². The molecule has 35 heavy (non-hydrogen) atoms. The summed E-state index contributed by atoms with van der Waals surface area (Å²) in [5.74, 6) is 1.60. The van der Waals surface area contributed by atoms with Crippen molar-refractivity contribution in [3.63, 3.8) is 0 Å². The molecule has 0 aliphatic rings. The first kappa shape index (κ1) is 26.1. The van der Waals surface area contributed by atoms with Crippen molar-refractivity contribution < 1.29 is 19.1 Å². The average Bonchev–Trinajstić information content (AvgIpc) is 3.21. The lowest BCUT2D eigenvalue weighted by molar-refractivity contribution is -0.113. The fourth-order valence-electron chi connectivity index (χ4n) is 3.36. The number of thioether (sulfide) groups is 1. The number of anilines is 2. The van der Waals surface area contributed by atoms with Crippen LogP contribution in [0.2, 0.25) is 0 Å². The SMILES string of the molecule is CCOc1cc(NC(=O)c2ccccc2)c(OCC)cc1NC(=O)CSc1nnc(C(C)C)n1C.